The minimum absolute atomic E-state index is 0.241. The van der Waals surface area contributed by atoms with E-state index in [0.29, 0.717) is 24.6 Å². The first-order valence-electron chi connectivity index (χ1n) is 10.9. The normalized spacial score (nSPS) is 14.8. The summed E-state index contributed by atoms with van der Waals surface area (Å²) in [7, 11) is 0. The number of rotatable bonds is 14. The summed E-state index contributed by atoms with van der Waals surface area (Å²) >= 11 is 0. The van der Waals surface area contributed by atoms with Gasteiger partial charge in [-0.25, -0.2) is 0 Å². The third-order valence-electron chi connectivity index (χ3n) is 4.90. The van der Waals surface area contributed by atoms with Crippen LogP contribution in [0.1, 0.15) is 52.0 Å². The first kappa shape index (κ1) is 27.0. The molecule has 3 nitrogen and oxygen atoms in total. The van der Waals surface area contributed by atoms with Crippen molar-refractivity contribution < 1.29 is 23.0 Å². The summed E-state index contributed by atoms with van der Waals surface area (Å²) in [5, 5.41) is 9.63. The van der Waals surface area contributed by atoms with Crippen molar-refractivity contribution in [3.8, 4) is 5.75 Å². The van der Waals surface area contributed by atoms with E-state index in [-0.39, 0.29) is 5.92 Å². The SMILES string of the molecule is C=C/C=C\C(=C/C)Oc1cccc(CN(CC(C)CCCCC)CC(O)C(F)(F)F)c1. The average molecular weight is 440 g/mol. The van der Waals surface area contributed by atoms with E-state index in [9.17, 15) is 18.3 Å². The van der Waals surface area contributed by atoms with Crippen LogP contribution in [0.15, 0.2) is 60.9 Å². The van der Waals surface area contributed by atoms with E-state index in [2.05, 4.69) is 13.5 Å². The van der Waals surface area contributed by atoms with Crippen molar-refractivity contribution >= 4 is 0 Å². The Balaban J connectivity index is 2.91. The molecule has 0 aliphatic carbocycles. The number of hydrogen-bond acceptors (Lipinski definition) is 3. The molecule has 0 aliphatic rings. The molecule has 0 fully saturated rings. The average Bonchev–Trinajstić information content (AvgIpc) is 2.70. The molecular weight excluding hydrogens is 403 g/mol. The second kappa shape index (κ2) is 14.1. The number of hydrogen-bond donors (Lipinski definition) is 1. The molecule has 0 amide bonds. The maximum absolute atomic E-state index is 13.0. The quantitative estimate of drug-likeness (QED) is 0.200. The van der Waals surface area contributed by atoms with Crippen molar-refractivity contribution in [3.05, 3.63) is 66.5 Å². The van der Waals surface area contributed by atoms with Crippen molar-refractivity contribution in [1.29, 1.82) is 0 Å². The third-order valence-corrected chi connectivity index (χ3v) is 4.90. The fraction of sp³-hybridized carbons (Fsp3) is 0.520. The zero-order valence-corrected chi connectivity index (χ0v) is 18.9. The molecule has 0 bridgehead atoms. The molecule has 0 aromatic heterocycles. The first-order chi connectivity index (χ1) is 14.7. The number of halogens is 3. The van der Waals surface area contributed by atoms with E-state index >= 15 is 0 Å². The molecule has 0 saturated carbocycles. The Labute approximate surface area is 184 Å². The molecule has 0 saturated heterocycles. The number of aliphatic hydroxyl groups excluding tert-OH is 1. The van der Waals surface area contributed by atoms with Gasteiger partial charge in [-0.3, -0.25) is 4.90 Å². The Morgan fingerprint density at radius 3 is 2.61 bits per heavy atom. The van der Waals surface area contributed by atoms with E-state index < -0.39 is 18.8 Å². The third kappa shape index (κ3) is 11.2. The van der Waals surface area contributed by atoms with Crippen LogP contribution in [-0.4, -0.2) is 35.4 Å². The highest BCUT2D eigenvalue weighted by Crippen LogP contribution is 2.24. The number of ether oxygens (including phenoxy) is 1. The van der Waals surface area contributed by atoms with Crippen molar-refractivity contribution in [2.45, 2.75) is 65.3 Å². The molecule has 1 aromatic rings. The maximum Gasteiger partial charge on any atom is 0.415 e. The van der Waals surface area contributed by atoms with Crippen LogP contribution in [0.25, 0.3) is 0 Å². The molecule has 0 aliphatic heterocycles. The Hall–Kier alpha value is -2.05. The minimum atomic E-state index is -4.63. The van der Waals surface area contributed by atoms with Gasteiger partial charge in [0.2, 0.25) is 0 Å². The summed E-state index contributed by atoms with van der Waals surface area (Å²) < 4.78 is 44.7. The molecular formula is C25H36F3NO2. The van der Waals surface area contributed by atoms with Crippen molar-refractivity contribution in [3.63, 3.8) is 0 Å². The fourth-order valence-corrected chi connectivity index (χ4v) is 3.28. The molecule has 0 heterocycles. The molecule has 1 aromatic carbocycles. The molecule has 0 spiro atoms. The van der Waals surface area contributed by atoms with Gasteiger partial charge in [-0.15, -0.1) is 0 Å². The predicted octanol–water partition coefficient (Wildman–Crippen LogP) is 6.65. The zero-order chi connectivity index (χ0) is 23.3. The molecule has 2 atom stereocenters. The van der Waals surface area contributed by atoms with Gasteiger partial charge in [0.25, 0.3) is 0 Å². The summed E-state index contributed by atoms with van der Waals surface area (Å²) in [6.07, 6.45) is 4.24. The van der Waals surface area contributed by atoms with Gasteiger partial charge in [0.05, 0.1) is 0 Å². The number of allylic oxidation sites excluding steroid dienone is 4. The summed E-state index contributed by atoms with van der Waals surface area (Å²) in [6, 6.07) is 7.30. The van der Waals surface area contributed by atoms with Gasteiger partial charge in [0.1, 0.15) is 11.5 Å². The molecule has 174 valence electrons. The van der Waals surface area contributed by atoms with Gasteiger partial charge in [-0.1, -0.05) is 64.0 Å². The lowest BCUT2D eigenvalue weighted by Gasteiger charge is -2.29. The zero-order valence-electron chi connectivity index (χ0n) is 18.9. The largest absolute Gasteiger partial charge is 0.458 e. The van der Waals surface area contributed by atoms with Gasteiger partial charge in [0, 0.05) is 19.6 Å². The van der Waals surface area contributed by atoms with E-state index in [0.717, 1.165) is 31.2 Å². The Kier molecular flexibility index (Phi) is 12.3. The maximum atomic E-state index is 13.0. The van der Waals surface area contributed by atoms with Gasteiger partial charge in [-0.2, -0.15) is 13.2 Å². The van der Waals surface area contributed by atoms with Crippen molar-refractivity contribution in [1.82, 2.24) is 4.90 Å². The number of benzene rings is 1. The van der Waals surface area contributed by atoms with Gasteiger partial charge >= 0.3 is 6.18 Å². The minimum Gasteiger partial charge on any atom is -0.458 e. The van der Waals surface area contributed by atoms with Gasteiger partial charge in [0.15, 0.2) is 6.10 Å². The van der Waals surface area contributed by atoms with Crippen LogP contribution in [0, 0.1) is 5.92 Å². The summed E-state index contributed by atoms with van der Waals surface area (Å²) in [5.41, 5.74) is 0.829. The molecule has 31 heavy (non-hydrogen) atoms. The van der Waals surface area contributed by atoms with Crippen molar-refractivity contribution in [2.24, 2.45) is 5.92 Å². The first-order valence-corrected chi connectivity index (χ1v) is 10.9. The van der Waals surface area contributed by atoms with E-state index in [1.165, 1.54) is 0 Å². The number of unbranched alkanes of at least 4 members (excludes halogenated alkanes) is 2. The molecule has 1 rings (SSSR count). The fourth-order valence-electron chi connectivity index (χ4n) is 3.28. The standard InChI is InChI=1S/C25H36F3NO2/c1-5-8-10-12-20(4)17-29(19-24(30)25(26,27)28)18-21-13-11-15-23(16-21)31-22(7-3)14-9-6-2/h6-7,9,11,13-16,20,24,30H,2,5,8,10,12,17-19H2,1,3-4H3/b14-9-,22-7+. The smallest absolute Gasteiger partial charge is 0.415 e. The highest BCUT2D eigenvalue weighted by molar-refractivity contribution is 5.31. The second-order valence-electron chi connectivity index (χ2n) is 7.89. The van der Waals surface area contributed by atoms with Crippen LogP contribution in [0.2, 0.25) is 0 Å². The van der Waals surface area contributed by atoms with Crippen molar-refractivity contribution in [2.75, 3.05) is 13.1 Å². The summed E-state index contributed by atoms with van der Waals surface area (Å²) in [6.45, 7) is 10.0. The Bertz CT molecular complexity index is 713. The van der Waals surface area contributed by atoms with Gasteiger partial charge < -0.3 is 9.84 Å². The van der Waals surface area contributed by atoms with Crippen LogP contribution in [-0.2, 0) is 6.54 Å². The molecule has 6 heteroatoms. The van der Waals surface area contributed by atoms with E-state index in [4.69, 9.17) is 4.74 Å². The van der Waals surface area contributed by atoms with Crippen LogP contribution in [0.4, 0.5) is 13.2 Å². The van der Waals surface area contributed by atoms with Gasteiger partial charge in [-0.05, 0) is 49.1 Å². The highest BCUT2D eigenvalue weighted by atomic mass is 19.4. The van der Waals surface area contributed by atoms with Crippen LogP contribution >= 0.6 is 0 Å². The lowest BCUT2D eigenvalue weighted by molar-refractivity contribution is -0.208. The molecule has 2 unspecified atom stereocenters. The lowest BCUT2D eigenvalue weighted by Crippen LogP contribution is -2.42. The molecule has 1 N–H and O–H groups in total. The van der Waals surface area contributed by atoms with Crippen LogP contribution < -0.4 is 4.74 Å². The number of alkyl halides is 3. The predicted molar refractivity (Wildman–Crippen MR) is 121 cm³/mol. The summed E-state index contributed by atoms with van der Waals surface area (Å²) in [4.78, 5) is 1.68. The second-order valence-corrected chi connectivity index (χ2v) is 7.89. The van der Waals surface area contributed by atoms with Crippen LogP contribution in [0.5, 0.6) is 5.75 Å². The number of aliphatic hydroxyl groups is 1. The highest BCUT2D eigenvalue weighted by Gasteiger charge is 2.39. The Morgan fingerprint density at radius 1 is 1.26 bits per heavy atom. The summed E-state index contributed by atoms with van der Waals surface area (Å²) in [5.74, 6) is 1.49. The Morgan fingerprint density at radius 2 is 2.00 bits per heavy atom. The van der Waals surface area contributed by atoms with Crippen LogP contribution in [0.3, 0.4) is 0 Å². The topological polar surface area (TPSA) is 32.7 Å². The lowest BCUT2D eigenvalue weighted by atomic mass is 10.0. The van der Waals surface area contributed by atoms with E-state index in [1.807, 2.05) is 38.1 Å². The molecule has 0 radical (unpaired) electrons. The monoisotopic (exact) mass is 439 g/mol. The van der Waals surface area contributed by atoms with E-state index in [1.54, 1.807) is 29.2 Å². The number of nitrogens with zero attached hydrogens (tertiary/aromatic N) is 1.